The third-order valence-electron chi connectivity index (χ3n) is 4.47. The number of rotatable bonds is 5. The third-order valence-corrected chi connectivity index (χ3v) is 4.47. The van der Waals surface area contributed by atoms with Gasteiger partial charge in [0.1, 0.15) is 5.69 Å². The number of halogens is 3. The summed E-state index contributed by atoms with van der Waals surface area (Å²) < 4.78 is 44.1. The Morgan fingerprint density at radius 3 is 2.63 bits per heavy atom. The molecule has 0 aliphatic carbocycles. The van der Waals surface area contributed by atoms with Crippen molar-refractivity contribution in [1.29, 1.82) is 0 Å². The summed E-state index contributed by atoms with van der Waals surface area (Å²) in [7, 11) is 1.52. The van der Waals surface area contributed by atoms with Crippen LogP contribution in [-0.4, -0.2) is 45.5 Å². The van der Waals surface area contributed by atoms with Crippen molar-refractivity contribution in [3.05, 3.63) is 60.2 Å². The van der Waals surface area contributed by atoms with Crippen LogP contribution in [0.3, 0.4) is 0 Å². The molecule has 0 saturated heterocycles. The van der Waals surface area contributed by atoms with Gasteiger partial charge in [0.2, 0.25) is 5.88 Å². The number of hydrogen-bond acceptors (Lipinski definition) is 5. The number of hydrogen-bond donors (Lipinski definition) is 1. The molecular weight excluding hydrogens is 399 g/mol. The van der Waals surface area contributed by atoms with Crippen molar-refractivity contribution in [3.63, 3.8) is 0 Å². The summed E-state index contributed by atoms with van der Waals surface area (Å²) in [6, 6.07) is 8.63. The Morgan fingerprint density at radius 1 is 1.13 bits per heavy atom. The second kappa shape index (κ2) is 7.62. The highest BCUT2D eigenvalue weighted by Crippen LogP contribution is 2.28. The smallest absolute Gasteiger partial charge is 0.422 e. The van der Waals surface area contributed by atoms with Crippen LogP contribution in [0.1, 0.15) is 16.1 Å². The molecule has 7 nitrogen and oxygen atoms in total. The molecule has 3 aromatic heterocycles. The molecule has 154 valence electrons. The van der Waals surface area contributed by atoms with Crippen molar-refractivity contribution in [3.8, 4) is 5.88 Å². The lowest BCUT2D eigenvalue weighted by molar-refractivity contribution is -0.153. The Kier molecular flexibility index (Phi) is 4.98. The maximum absolute atomic E-state index is 12.5. The molecule has 10 heteroatoms. The molecule has 0 atom stereocenters. The second-order valence-corrected chi connectivity index (χ2v) is 6.54. The van der Waals surface area contributed by atoms with Gasteiger partial charge in [-0.25, -0.2) is 4.98 Å². The Balaban J connectivity index is 1.70. The van der Waals surface area contributed by atoms with Crippen molar-refractivity contribution in [2.45, 2.75) is 12.7 Å². The predicted octanol–water partition coefficient (Wildman–Crippen LogP) is 3.33. The number of nitrogens with zero attached hydrogens (tertiary/aromatic N) is 4. The van der Waals surface area contributed by atoms with Crippen molar-refractivity contribution in [1.82, 2.24) is 25.1 Å². The zero-order chi connectivity index (χ0) is 21.3. The molecule has 0 bridgehead atoms. The maximum Gasteiger partial charge on any atom is 0.422 e. The Bertz CT molecular complexity index is 1240. The predicted molar refractivity (Wildman–Crippen MR) is 103 cm³/mol. The number of nitrogens with one attached hydrogen (secondary N) is 1. The van der Waals surface area contributed by atoms with E-state index < -0.39 is 12.8 Å². The maximum atomic E-state index is 12.5. The summed E-state index contributed by atoms with van der Waals surface area (Å²) in [5.74, 6) is -0.401. The standard InChI is InChI=1S/C20H16F3N5O2/c1-24-18(29)17-15-10-28(27-16(15)6-7-25-17)9-12-8-26-19(30-11-20(21,22)23)14-5-3-2-4-13(12)14/h2-8,10H,9,11H2,1H3,(H,24,29). The fraction of sp³-hybridized carbons (Fsp3) is 0.200. The largest absolute Gasteiger partial charge is 0.468 e. The third kappa shape index (κ3) is 3.88. The van der Waals surface area contributed by atoms with Crippen LogP contribution in [0.4, 0.5) is 13.2 Å². The summed E-state index contributed by atoms with van der Waals surface area (Å²) in [6.07, 6.45) is 0.231. The van der Waals surface area contributed by atoms with Crippen LogP contribution in [0.15, 0.2) is 48.9 Å². The number of ether oxygens (including phenoxy) is 1. The SMILES string of the molecule is CNC(=O)c1nccc2nn(Cc3cnc(OCC(F)(F)F)c4ccccc34)cc12. The number of benzene rings is 1. The highest BCUT2D eigenvalue weighted by molar-refractivity contribution is 6.04. The van der Waals surface area contributed by atoms with E-state index in [0.29, 0.717) is 28.2 Å². The molecule has 0 radical (unpaired) electrons. The van der Waals surface area contributed by atoms with Gasteiger partial charge in [0.05, 0.1) is 17.4 Å². The van der Waals surface area contributed by atoms with Crippen LogP contribution < -0.4 is 10.1 Å². The number of pyridine rings is 2. The average Bonchev–Trinajstić information content (AvgIpc) is 3.14. The lowest BCUT2D eigenvalue weighted by atomic mass is 10.1. The molecule has 0 unspecified atom stereocenters. The molecule has 0 saturated carbocycles. The lowest BCUT2D eigenvalue weighted by Crippen LogP contribution is -2.19. The first-order valence-electron chi connectivity index (χ1n) is 8.96. The van der Waals surface area contributed by atoms with Crippen molar-refractivity contribution < 1.29 is 22.7 Å². The Hall–Kier alpha value is -3.69. The molecule has 0 fully saturated rings. The molecule has 1 amide bonds. The second-order valence-electron chi connectivity index (χ2n) is 6.54. The van der Waals surface area contributed by atoms with Gasteiger partial charge < -0.3 is 10.1 Å². The van der Waals surface area contributed by atoms with Crippen molar-refractivity contribution in [2.24, 2.45) is 0 Å². The summed E-state index contributed by atoms with van der Waals surface area (Å²) in [4.78, 5) is 20.2. The van der Waals surface area contributed by atoms with Gasteiger partial charge in [0, 0.05) is 31.0 Å². The topological polar surface area (TPSA) is 81.9 Å². The van der Waals surface area contributed by atoms with E-state index >= 15 is 0 Å². The van der Waals surface area contributed by atoms with Crippen molar-refractivity contribution >= 4 is 27.6 Å². The van der Waals surface area contributed by atoms with Gasteiger partial charge >= 0.3 is 6.18 Å². The molecule has 4 rings (SSSR count). The average molecular weight is 415 g/mol. The monoisotopic (exact) mass is 415 g/mol. The highest BCUT2D eigenvalue weighted by Gasteiger charge is 2.29. The zero-order valence-corrected chi connectivity index (χ0v) is 15.8. The molecule has 0 spiro atoms. The van der Waals surface area contributed by atoms with Crippen LogP contribution in [0.2, 0.25) is 0 Å². The Morgan fingerprint density at radius 2 is 1.90 bits per heavy atom. The molecule has 1 aromatic carbocycles. The van der Waals surface area contributed by atoms with Crippen LogP contribution in [-0.2, 0) is 6.54 Å². The first-order chi connectivity index (χ1) is 14.4. The number of amides is 1. The molecule has 30 heavy (non-hydrogen) atoms. The fourth-order valence-electron chi connectivity index (χ4n) is 3.17. The molecule has 0 aliphatic heterocycles. The lowest BCUT2D eigenvalue weighted by Gasteiger charge is -2.13. The molecule has 0 aliphatic rings. The Labute approximate surface area is 168 Å². The van der Waals surface area contributed by atoms with Gasteiger partial charge in [0.15, 0.2) is 6.61 Å². The number of carbonyl (C=O) groups is 1. The zero-order valence-electron chi connectivity index (χ0n) is 15.8. The minimum atomic E-state index is -4.45. The highest BCUT2D eigenvalue weighted by atomic mass is 19.4. The summed E-state index contributed by atoms with van der Waals surface area (Å²) in [5, 5.41) is 8.79. The van der Waals surface area contributed by atoms with E-state index in [0.717, 1.165) is 5.56 Å². The molecule has 3 heterocycles. The van der Waals surface area contributed by atoms with E-state index in [4.69, 9.17) is 4.74 Å². The summed E-state index contributed by atoms with van der Waals surface area (Å²) >= 11 is 0. The number of alkyl halides is 3. The van der Waals surface area contributed by atoms with Gasteiger partial charge in [0.25, 0.3) is 5.91 Å². The normalized spacial score (nSPS) is 11.7. The van der Waals surface area contributed by atoms with Gasteiger partial charge in [-0.1, -0.05) is 18.2 Å². The van der Waals surface area contributed by atoms with E-state index in [-0.39, 0.29) is 17.5 Å². The van der Waals surface area contributed by atoms with Gasteiger partial charge in [-0.05, 0) is 23.1 Å². The number of aromatic nitrogens is 4. The summed E-state index contributed by atoms with van der Waals surface area (Å²) in [5.41, 5.74) is 1.61. The van der Waals surface area contributed by atoms with Crippen LogP contribution in [0.5, 0.6) is 5.88 Å². The van der Waals surface area contributed by atoms with E-state index in [9.17, 15) is 18.0 Å². The first-order valence-corrected chi connectivity index (χ1v) is 8.96. The minimum absolute atomic E-state index is 0.0802. The number of carbonyl (C=O) groups excluding carboxylic acids is 1. The molecular formula is C20H16F3N5O2. The van der Waals surface area contributed by atoms with Crippen LogP contribution in [0.25, 0.3) is 21.7 Å². The molecule has 1 N–H and O–H groups in total. The van der Waals surface area contributed by atoms with E-state index in [2.05, 4.69) is 20.4 Å². The van der Waals surface area contributed by atoms with Crippen molar-refractivity contribution in [2.75, 3.05) is 13.7 Å². The van der Waals surface area contributed by atoms with Crippen LogP contribution in [0, 0.1) is 0 Å². The summed E-state index contributed by atoms with van der Waals surface area (Å²) in [6.45, 7) is -1.11. The number of fused-ring (bicyclic) bond motifs is 2. The van der Waals surface area contributed by atoms with Gasteiger partial charge in [-0.2, -0.15) is 18.3 Å². The van der Waals surface area contributed by atoms with Crippen LogP contribution >= 0.6 is 0 Å². The quantitative estimate of drug-likeness (QED) is 0.541. The van der Waals surface area contributed by atoms with E-state index in [1.807, 2.05) is 0 Å². The van der Waals surface area contributed by atoms with E-state index in [1.54, 1.807) is 41.2 Å². The minimum Gasteiger partial charge on any atom is -0.468 e. The first kappa shape index (κ1) is 19.6. The van der Waals surface area contributed by atoms with Gasteiger partial charge in [-0.3, -0.25) is 14.5 Å². The van der Waals surface area contributed by atoms with E-state index in [1.165, 1.54) is 19.4 Å². The molecule has 4 aromatic rings. The van der Waals surface area contributed by atoms with Gasteiger partial charge in [-0.15, -0.1) is 0 Å². The fourth-order valence-corrected chi connectivity index (χ4v) is 3.17.